The van der Waals surface area contributed by atoms with Crippen LogP contribution >= 0.6 is 34.5 Å². The molecule has 0 amide bonds. The second-order valence-electron chi connectivity index (χ2n) is 4.44. The minimum atomic E-state index is -0.148. The molecule has 0 aliphatic carbocycles. The highest BCUT2D eigenvalue weighted by atomic mass is 35.5. The Morgan fingerprint density at radius 3 is 2.55 bits per heavy atom. The van der Waals surface area contributed by atoms with Crippen LogP contribution in [0, 0.1) is 0 Å². The van der Waals surface area contributed by atoms with E-state index in [1.165, 1.54) is 16.0 Å². The summed E-state index contributed by atoms with van der Waals surface area (Å²) >= 11 is 13.6. The number of carbonyl (C=O) groups is 1. The zero-order chi connectivity index (χ0) is 15.5. The highest BCUT2D eigenvalue weighted by Crippen LogP contribution is 2.26. The summed E-state index contributed by atoms with van der Waals surface area (Å²) < 4.78 is 1.32. The van der Waals surface area contributed by atoms with E-state index in [0.29, 0.717) is 20.6 Å². The summed E-state index contributed by atoms with van der Waals surface area (Å²) in [4.78, 5) is 12.8. The SMILES string of the molecule is O=C(c1cccs1)n1ccc(C=Cc2c(Cl)cccc2Cl)n1. The zero-order valence-electron chi connectivity index (χ0n) is 11.2. The van der Waals surface area contributed by atoms with Crippen LogP contribution in [0.3, 0.4) is 0 Å². The molecular formula is C16H10Cl2N2OS. The Labute approximate surface area is 141 Å². The van der Waals surface area contributed by atoms with Gasteiger partial charge in [0, 0.05) is 21.8 Å². The number of hydrogen-bond donors (Lipinski definition) is 0. The Bertz CT molecular complexity index is 817. The maximum atomic E-state index is 12.1. The third-order valence-electron chi connectivity index (χ3n) is 2.97. The largest absolute Gasteiger partial charge is 0.288 e. The molecule has 3 nitrogen and oxygen atoms in total. The first-order valence-corrected chi connectivity index (χ1v) is 8.04. The van der Waals surface area contributed by atoms with E-state index in [9.17, 15) is 4.79 Å². The Balaban J connectivity index is 1.83. The minimum Gasteiger partial charge on any atom is -0.266 e. The van der Waals surface area contributed by atoms with Crippen molar-refractivity contribution in [1.29, 1.82) is 0 Å². The molecule has 0 bridgehead atoms. The Kier molecular flexibility index (Phi) is 4.43. The second kappa shape index (κ2) is 6.48. The average molecular weight is 349 g/mol. The van der Waals surface area contributed by atoms with Gasteiger partial charge >= 0.3 is 0 Å². The van der Waals surface area contributed by atoms with E-state index in [4.69, 9.17) is 23.2 Å². The molecule has 1 aromatic carbocycles. The molecule has 0 unspecified atom stereocenters. The second-order valence-corrected chi connectivity index (χ2v) is 6.20. The van der Waals surface area contributed by atoms with Gasteiger partial charge in [0.25, 0.3) is 5.91 Å². The molecule has 0 saturated carbocycles. The Morgan fingerprint density at radius 2 is 1.86 bits per heavy atom. The number of thiophene rings is 1. The lowest BCUT2D eigenvalue weighted by atomic mass is 10.2. The topological polar surface area (TPSA) is 34.9 Å². The van der Waals surface area contributed by atoms with Crippen LogP contribution in [0.1, 0.15) is 20.9 Å². The molecule has 3 aromatic rings. The van der Waals surface area contributed by atoms with Crippen molar-refractivity contribution in [2.24, 2.45) is 0 Å². The van der Waals surface area contributed by atoms with Gasteiger partial charge in [-0.15, -0.1) is 11.3 Å². The quantitative estimate of drug-likeness (QED) is 0.659. The van der Waals surface area contributed by atoms with Crippen molar-refractivity contribution in [1.82, 2.24) is 9.78 Å². The van der Waals surface area contributed by atoms with E-state index in [-0.39, 0.29) is 5.91 Å². The normalized spacial score (nSPS) is 11.2. The summed E-state index contributed by atoms with van der Waals surface area (Å²) in [6.45, 7) is 0. The van der Waals surface area contributed by atoms with Gasteiger partial charge in [-0.3, -0.25) is 4.79 Å². The van der Waals surface area contributed by atoms with Gasteiger partial charge in [0.2, 0.25) is 0 Å². The monoisotopic (exact) mass is 348 g/mol. The lowest BCUT2D eigenvalue weighted by molar-refractivity contribution is 0.0949. The van der Waals surface area contributed by atoms with E-state index in [0.717, 1.165) is 5.56 Å². The van der Waals surface area contributed by atoms with Gasteiger partial charge in [-0.05, 0) is 41.8 Å². The van der Waals surface area contributed by atoms with Crippen molar-refractivity contribution < 1.29 is 4.79 Å². The molecule has 0 N–H and O–H groups in total. The van der Waals surface area contributed by atoms with Gasteiger partial charge in [0.1, 0.15) is 0 Å². The van der Waals surface area contributed by atoms with Crippen molar-refractivity contribution >= 4 is 52.6 Å². The van der Waals surface area contributed by atoms with Gasteiger partial charge in [0.05, 0.1) is 10.6 Å². The van der Waals surface area contributed by atoms with Gasteiger partial charge in [-0.1, -0.05) is 35.3 Å². The number of halogens is 2. The van der Waals surface area contributed by atoms with E-state index in [1.54, 1.807) is 48.7 Å². The molecule has 0 aliphatic rings. The molecular weight excluding hydrogens is 339 g/mol. The van der Waals surface area contributed by atoms with Crippen LogP contribution in [0.5, 0.6) is 0 Å². The summed E-state index contributed by atoms with van der Waals surface area (Å²) in [5.41, 5.74) is 1.38. The van der Waals surface area contributed by atoms with Crippen LogP contribution in [0.2, 0.25) is 10.0 Å². The fraction of sp³-hybridized carbons (Fsp3) is 0. The van der Waals surface area contributed by atoms with Crippen molar-refractivity contribution in [3.63, 3.8) is 0 Å². The maximum absolute atomic E-state index is 12.1. The van der Waals surface area contributed by atoms with Crippen LogP contribution in [0.4, 0.5) is 0 Å². The van der Waals surface area contributed by atoms with E-state index >= 15 is 0 Å². The summed E-state index contributed by atoms with van der Waals surface area (Å²) in [6.07, 6.45) is 5.19. The lowest BCUT2D eigenvalue weighted by Crippen LogP contribution is -2.10. The fourth-order valence-corrected chi connectivity index (χ4v) is 3.07. The molecule has 2 heterocycles. The highest BCUT2D eigenvalue weighted by Gasteiger charge is 2.10. The van der Waals surface area contributed by atoms with Crippen LogP contribution < -0.4 is 0 Å². The van der Waals surface area contributed by atoms with Crippen molar-refractivity contribution in [2.45, 2.75) is 0 Å². The first kappa shape index (κ1) is 15.0. The number of carbonyl (C=O) groups excluding carboxylic acids is 1. The van der Waals surface area contributed by atoms with Crippen LogP contribution in [0.25, 0.3) is 12.2 Å². The Morgan fingerprint density at radius 1 is 1.09 bits per heavy atom. The van der Waals surface area contributed by atoms with Gasteiger partial charge < -0.3 is 0 Å². The van der Waals surface area contributed by atoms with Crippen molar-refractivity contribution in [3.05, 3.63) is 74.2 Å². The number of rotatable bonds is 3. The highest BCUT2D eigenvalue weighted by molar-refractivity contribution is 7.12. The summed E-state index contributed by atoms with van der Waals surface area (Å²) in [7, 11) is 0. The maximum Gasteiger partial charge on any atom is 0.288 e. The summed E-state index contributed by atoms with van der Waals surface area (Å²) in [5, 5.41) is 7.23. The summed E-state index contributed by atoms with van der Waals surface area (Å²) in [5.74, 6) is -0.148. The van der Waals surface area contributed by atoms with Gasteiger partial charge in [-0.2, -0.15) is 5.10 Å². The van der Waals surface area contributed by atoms with E-state index in [1.807, 2.05) is 11.4 Å². The van der Waals surface area contributed by atoms with E-state index < -0.39 is 0 Å². The van der Waals surface area contributed by atoms with Crippen molar-refractivity contribution in [3.8, 4) is 0 Å². The molecule has 0 radical (unpaired) electrons. The number of nitrogens with zero attached hydrogens (tertiary/aromatic N) is 2. The predicted octanol–water partition coefficient (Wildman–Crippen LogP) is 5.11. The smallest absolute Gasteiger partial charge is 0.266 e. The molecule has 2 aromatic heterocycles. The van der Waals surface area contributed by atoms with Crippen LogP contribution in [-0.4, -0.2) is 15.7 Å². The molecule has 0 atom stereocenters. The van der Waals surface area contributed by atoms with Crippen molar-refractivity contribution in [2.75, 3.05) is 0 Å². The molecule has 0 fully saturated rings. The number of hydrogen-bond acceptors (Lipinski definition) is 3. The first-order chi connectivity index (χ1) is 10.6. The predicted molar refractivity (Wildman–Crippen MR) is 91.7 cm³/mol. The van der Waals surface area contributed by atoms with Gasteiger partial charge in [0.15, 0.2) is 0 Å². The summed E-state index contributed by atoms with van der Waals surface area (Å²) in [6, 6.07) is 10.7. The fourth-order valence-electron chi connectivity index (χ4n) is 1.89. The third kappa shape index (κ3) is 3.14. The average Bonchev–Trinajstić information content (AvgIpc) is 3.18. The number of aromatic nitrogens is 2. The minimum absolute atomic E-state index is 0.148. The molecule has 0 saturated heterocycles. The molecule has 110 valence electrons. The molecule has 22 heavy (non-hydrogen) atoms. The molecule has 0 aliphatic heterocycles. The molecule has 6 heteroatoms. The standard InChI is InChI=1S/C16H10Cl2N2OS/c17-13-3-1-4-14(18)12(13)7-6-11-8-9-20(19-11)16(21)15-5-2-10-22-15/h1-10H. The third-order valence-corrected chi connectivity index (χ3v) is 4.49. The van der Waals surface area contributed by atoms with Gasteiger partial charge in [-0.25, -0.2) is 4.68 Å². The first-order valence-electron chi connectivity index (χ1n) is 6.41. The molecule has 0 spiro atoms. The Hall–Kier alpha value is -1.88. The van der Waals surface area contributed by atoms with Crippen LogP contribution in [-0.2, 0) is 0 Å². The molecule has 3 rings (SSSR count). The van der Waals surface area contributed by atoms with E-state index in [2.05, 4.69) is 5.10 Å². The lowest BCUT2D eigenvalue weighted by Gasteiger charge is -2.00. The van der Waals surface area contributed by atoms with Crippen LogP contribution in [0.15, 0.2) is 48.0 Å². The number of benzene rings is 1. The zero-order valence-corrected chi connectivity index (χ0v) is 13.6.